The molecule has 18 heavy (non-hydrogen) atoms. The number of carbonyl (C=O) groups excluding carboxylic acids is 1. The minimum atomic E-state index is -1.03. The molecule has 0 heterocycles. The number of aromatic carboxylic acids is 1. The number of benzene rings is 1. The van der Waals surface area contributed by atoms with E-state index in [1.165, 1.54) is 6.07 Å². The topological polar surface area (TPSA) is 66.4 Å². The zero-order valence-electron chi connectivity index (χ0n) is 10.4. The maximum atomic E-state index is 11.9. The van der Waals surface area contributed by atoms with E-state index in [4.69, 9.17) is 5.11 Å². The van der Waals surface area contributed by atoms with Gasteiger partial charge in [0.05, 0.1) is 5.56 Å². The van der Waals surface area contributed by atoms with Crippen LogP contribution in [0.1, 0.15) is 37.0 Å². The van der Waals surface area contributed by atoms with E-state index in [9.17, 15) is 9.59 Å². The second kappa shape index (κ2) is 6.54. The van der Waals surface area contributed by atoms with E-state index in [1.807, 2.05) is 13.8 Å². The smallest absolute Gasteiger partial charge is 0.336 e. The summed E-state index contributed by atoms with van der Waals surface area (Å²) in [6, 6.07) is 4.75. The fourth-order valence-electron chi connectivity index (χ4n) is 1.67. The number of hydrogen-bond donors (Lipinski definition) is 2. The minimum Gasteiger partial charge on any atom is -0.478 e. The summed E-state index contributed by atoms with van der Waals surface area (Å²) in [6.45, 7) is 3.91. The van der Waals surface area contributed by atoms with E-state index in [-0.39, 0.29) is 17.4 Å². The average molecular weight is 314 g/mol. The van der Waals surface area contributed by atoms with Crippen molar-refractivity contribution in [3.63, 3.8) is 0 Å². The standard InChI is InChI=1S/C13H16BrNO3/c1-3-8(4-2)12(16)15-9-5-6-11(14)10(7-9)13(17)18/h5-8H,3-4H2,1-2H3,(H,15,16)(H,17,18). The molecule has 4 nitrogen and oxygen atoms in total. The van der Waals surface area contributed by atoms with Crippen molar-refractivity contribution in [1.82, 2.24) is 0 Å². The van der Waals surface area contributed by atoms with Crippen molar-refractivity contribution < 1.29 is 14.7 Å². The summed E-state index contributed by atoms with van der Waals surface area (Å²) in [5.74, 6) is -1.14. The van der Waals surface area contributed by atoms with Crippen LogP contribution >= 0.6 is 15.9 Å². The second-order valence-electron chi connectivity index (χ2n) is 4.00. The van der Waals surface area contributed by atoms with E-state index in [2.05, 4.69) is 21.2 Å². The lowest BCUT2D eigenvalue weighted by Gasteiger charge is -2.13. The monoisotopic (exact) mass is 313 g/mol. The molecule has 1 aromatic rings. The van der Waals surface area contributed by atoms with E-state index in [1.54, 1.807) is 12.1 Å². The molecule has 1 rings (SSSR count). The molecule has 0 aliphatic heterocycles. The summed E-state index contributed by atoms with van der Waals surface area (Å²) in [4.78, 5) is 22.8. The minimum absolute atomic E-state index is 0.0399. The molecule has 0 fully saturated rings. The Labute approximate surface area is 115 Å². The van der Waals surface area contributed by atoms with Crippen LogP contribution in [0.5, 0.6) is 0 Å². The van der Waals surface area contributed by atoms with Gasteiger partial charge in [-0.15, -0.1) is 0 Å². The van der Waals surface area contributed by atoms with Gasteiger partial charge in [0.15, 0.2) is 0 Å². The van der Waals surface area contributed by atoms with Gasteiger partial charge in [-0.05, 0) is 47.0 Å². The summed E-state index contributed by atoms with van der Waals surface area (Å²) in [7, 11) is 0. The first-order chi connectivity index (χ1) is 8.49. The predicted molar refractivity (Wildman–Crippen MR) is 73.8 cm³/mol. The van der Waals surface area contributed by atoms with Crippen molar-refractivity contribution in [2.45, 2.75) is 26.7 Å². The fourth-order valence-corrected chi connectivity index (χ4v) is 2.09. The Morgan fingerprint density at radius 1 is 1.33 bits per heavy atom. The van der Waals surface area contributed by atoms with Gasteiger partial charge in [0, 0.05) is 16.1 Å². The Kier molecular flexibility index (Phi) is 5.34. The van der Waals surface area contributed by atoms with Crippen molar-refractivity contribution in [3.05, 3.63) is 28.2 Å². The molecule has 0 radical (unpaired) electrons. The van der Waals surface area contributed by atoms with Crippen LogP contribution in [-0.2, 0) is 4.79 Å². The molecular formula is C13H16BrNO3. The molecule has 0 spiro atoms. The highest BCUT2D eigenvalue weighted by Gasteiger charge is 2.15. The number of hydrogen-bond acceptors (Lipinski definition) is 2. The van der Waals surface area contributed by atoms with Gasteiger partial charge in [0.25, 0.3) is 0 Å². The first kappa shape index (κ1) is 14.7. The van der Waals surface area contributed by atoms with Crippen molar-refractivity contribution in [2.24, 2.45) is 5.92 Å². The summed E-state index contributed by atoms with van der Waals surface area (Å²) < 4.78 is 0.496. The number of anilines is 1. The summed E-state index contributed by atoms with van der Waals surface area (Å²) in [5.41, 5.74) is 0.643. The Bertz CT molecular complexity index is 456. The molecule has 98 valence electrons. The Morgan fingerprint density at radius 2 is 1.94 bits per heavy atom. The van der Waals surface area contributed by atoms with Gasteiger partial charge in [0.1, 0.15) is 0 Å². The molecule has 2 N–H and O–H groups in total. The molecule has 0 saturated carbocycles. The van der Waals surface area contributed by atoms with Crippen molar-refractivity contribution in [2.75, 3.05) is 5.32 Å². The number of halogens is 1. The maximum Gasteiger partial charge on any atom is 0.336 e. The normalized spacial score (nSPS) is 10.4. The van der Waals surface area contributed by atoms with Gasteiger partial charge in [-0.25, -0.2) is 4.79 Å². The third kappa shape index (κ3) is 3.57. The van der Waals surface area contributed by atoms with E-state index in [0.717, 1.165) is 12.8 Å². The molecule has 0 atom stereocenters. The fraction of sp³-hybridized carbons (Fsp3) is 0.385. The Morgan fingerprint density at radius 3 is 2.44 bits per heavy atom. The van der Waals surface area contributed by atoms with Crippen LogP contribution in [-0.4, -0.2) is 17.0 Å². The van der Waals surface area contributed by atoms with E-state index >= 15 is 0 Å². The van der Waals surface area contributed by atoms with Crippen LogP contribution in [0.15, 0.2) is 22.7 Å². The molecule has 0 aliphatic rings. The van der Waals surface area contributed by atoms with Gasteiger partial charge < -0.3 is 10.4 Å². The van der Waals surface area contributed by atoms with Crippen molar-refractivity contribution >= 4 is 33.5 Å². The van der Waals surface area contributed by atoms with Gasteiger partial charge in [0.2, 0.25) is 5.91 Å². The lowest BCUT2D eigenvalue weighted by molar-refractivity contribution is -0.120. The molecule has 0 aliphatic carbocycles. The zero-order valence-corrected chi connectivity index (χ0v) is 12.0. The number of rotatable bonds is 5. The first-order valence-corrected chi connectivity index (χ1v) is 6.62. The Balaban J connectivity index is 2.89. The molecule has 0 saturated heterocycles. The van der Waals surface area contributed by atoms with Gasteiger partial charge in [-0.2, -0.15) is 0 Å². The van der Waals surface area contributed by atoms with Gasteiger partial charge in [-0.3, -0.25) is 4.79 Å². The number of amides is 1. The molecule has 0 unspecified atom stereocenters. The van der Waals surface area contributed by atoms with Gasteiger partial charge >= 0.3 is 5.97 Å². The third-order valence-electron chi connectivity index (χ3n) is 2.82. The summed E-state index contributed by atoms with van der Waals surface area (Å²) in [5, 5.41) is 11.7. The second-order valence-corrected chi connectivity index (χ2v) is 4.86. The molecule has 5 heteroatoms. The highest BCUT2D eigenvalue weighted by atomic mass is 79.9. The quantitative estimate of drug-likeness (QED) is 0.874. The Hall–Kier alpha value is -1.36. The molecule has 1 aromatic carbocycles. The van der Waals surface area contributed by atoms with E-state index < -0.39 is 5.97 Å². The summed E-state index contributed by atoms with van der Waals surface area (Å²) in [6.07, 6.45) is 1.54. The maximum absolute atomic E-state index is 11.9. The summed E-state index contributed by atoms with van der Waals surface area (Å²) >= 11 is 3.16. The van der Waals surface area contributed by atoms with Crippen LogP contribution in [0.25, 0.3) is 0 Å². The SMILES string of the molecule is CCC(CC)C(=O)Nc1ccc(Br)c(C(=O)O)c1. The molecular weight excluding hydrogens is 298 g/mol. The largest absolute Gasteiger partial charge is 0.478 e. The number of nitrogens with one attached hydrogen (secondary N) is 1. The highest BCUT2D eigenvalue weighted by molar-refractivity contribution is 9.10. The van der Waals surface area contributed by atoms with Crippen LogP contribution in [0.2, 0.25) is 0 Å². The predicted octanol–water partition coefficient (Wildman–Crippen LogP) is 3.52. The van der Waals surface area contributed by atoms with Crippen LogP contribution in [0.4, 0.5) is 5.69 Å². The lowest BCUT2D eigenvalue weighted by atomic mass is 10.0. The molecule has 1 amide bonds. The van der Waals surface area contributed by atoms with Crippen LogP contribution in [0.3, 0.4) is 0 Å². The highest BCUT2D eigenvalue weighted by Crippen LogP contribution is 2.22. The lowest BCUT2D eigenvalue weighted by Crippen LogP contribution is -2.21. The first-order valence-electron chi connectivity index (χ1n) is 5.83. The molecule has 0 aromatic heterocycles. The van der Waals surface area contributed by atoms with Crippen LogP contribution in [0, 0.1) is 5.92 Å². The van der Waals surface area contributed by atoms with Crippen LogP contribution < -0.4 is 5.32 Å². The van der Waals surface area contributed by atoms with E-state index in [0.29, 0.717) is 10.2 Å². The van der Waals surface area contributed by atoms with Gasteiger partial charge in [-0.1, -0.05) is 13.8 Å². The van der Waals surface area contributed by atoms with Crippen molar-refractivity contribution in [1.29, 1.82) is 0 Å². The number of carboxylic acids is 1. The van der Waals surface area contributed by atoms with Crippen molar-refractivity contribution in [3.8, 4) is 0 Å². The number of carbonyl (C=O) groups is 2. The average Bonchev–Trinajstić information content (AvgIpc) is 2.32. The third-order valence-corrected chi connectivity index (χ3v) is 3.51. The molecule has 0 bridgehead atoms. The number of carboxylic acid groups (broad SMARTS) is 1. The zero-order chi connectivity index (χ0) is 13.7.